The van der Waals surface area contributed by atoms with Crippen molar-refractivity contribution in [2.24, 2.45) is 12.8 Å². The molecular weight excluding hydrogens is 500 g/mol. The molecule has 0 spiro atoms. The Morgan fingerprint density at radius 3 is 2.50 bits per heavy atom. The molecule has 9 nitrogen and oxygen atoms in total. The maximum atomic E-state index is 13.0. The first-order valence-corrected chi connectivity index (χ1v) is 11.9. The van der Waals surface area contributed by atoms with Gasteiger partial charge in [-0.3, -0.25) is 4.68 Å². The van der Waals surface area contributed by atoms with Gasteiger partial charge in [0.05, 0.1) is 23.5 Å². The first-order chi connectivity index (χ1) is 16.5. The van der Waals surface area contributed by atoms with Crippen LogP contribution in [0.15, 0.2) is 53.1 Å². The van der Waals surface area contributed by atoms with Crippen LogP contribution in [0.5, 0.6) is 11.5 Å². The van der Waals surface area contributed by atoms with Crippen molar-refractivity contribution in [3.05, 3.63) is 53.1 Å². The molecule has 3 N–H and O–H groups in total. The second kappa shape index (κ2) is 10.8. The van der Waals surface area contributed by atoms with Crippen LogP contribution in [0.25, 0.3) is 11.3 Å². The molecule has 1 aromatic heterocycles. The van der Waals surface area contributed by atoms with E-state index in [0.29, 0.717) is 37.7 Å². The fourth-order valence-electron chi connectivity index (χ4n) is 3.96. The molecule has 1 saturated heterocycles. The normalized spacial score (nSPS) is 13.6. The summed E-state index contributed by atoms with van der Waals surface area (Å²) in [5.41, 5.74) is 9.11. The van der Waals surface area contributed by atoms with Crippen molar-refractivity contribution in [3.8, 4) is 22.8 Å². The van der Waals surface area contributed by atoms with Crippen LogP contribution in [-0.4, -0.2) is 67.2 Å². The van der Waals surface area contributed by atoms with Crippen LogP contribution < -0.4 is 25.4 Å². The smallest absolute Gasteiger partial charge is 0.321 e. The molecule has 3 aromatic rings. The number of ether oxygens (including phenoxy) is 2. The van der Waals surface area contributed by atoms with Gasteiger partial charge >= 0.3 is 6.03 Å². The van der Waals surface area contributed by atoms with Crippen molar-refractivity contribution in [3.63, 3.8) is 0 Å². The Morgan fingerprint density at radius 2 is 1.88 bits per heavy atom. The van der Waals surface area contributed by atoms with Crippen molar-refractivity contribution in [2.45, 2.75) is 0 Å². The first-order valence-electron chi connectivity index (χ1n) is 11.1. The molecule has 2 heterocycles. The number of urea groups is 1. The lowest BCUT2D eigenvalue weighted by molar-refractivity contribution is 0.208. The molecular formula is C24H29BrN6O3. The average Bonchev–Trinajstić information content (AvgIpc) is 3.20. The highest BCUT2D eigenvalue weighted by Gasteiger charge is 2.22. The highest BCUT2D eigenvalue weighted by molar-refractivity contribution is 9.10. The van der Waals surface area contributed by atoms with E-state index < -0.39 is 0 Å². The molecule has 1 fully saturated rings. The summed E-state index contributed by atoms with van der Waals surface area (Å²) in [6.07, 6.45) is 1.73. The predicted molar refractivity (Wildman–Crippen MR) is 137 cm³/mol. The SMILES string of the molecule is COc1ccc(N2CCN(C(=O)Nc3ccc(OCCN)c(-c4c(Br)cnn4C)c3)CC2)cc1. The monoisotopic (exact) mass is 528 g/mol. The van der Waals surface area contributed by atoms with Crippen LogP contribution in [0, 0.1) is 0 Å². The summed E-state index contributed by atoms with van der Waals surface area (Å²) in [7, 11) is 3.52. The Morgan fingerprint density at radius 1 is 1.15 bits per heavy atom. The van der Waals surface area contributed by atoms with Gasteiger partial charge in [0.15, 0.2) is 0 Å². The number of carbonyl (C=O) groups excluding carboxylic acids is 1. The minimum Gasteiger partial charge on any atom is -0.497 e. The lowest BCUT2D eigenvalue weighted by Gasteiger charge is -2.36. The van der Waals surface area contributed by atoms with E-state index in [1.165, 1.54) is 0 Å². The number of anilines is 2. The second-order valence-electron chi connectivity index (χ2n) is 7.92. The van der Waals surface area contributed by atoms with Crippen LogP contribution in [-0.2, 0) is 7.05 Å². The number of nitrogens with zero attached hydrogens (tertiary/aromatic N) is 4. The third-order valence-corrected chi connectivity index (χ3v) is 6.34. The van der Waals surface area contributed by atoms with Gasteiger partial charge in [-0.2, -0.15) is 5.10 Å². The number of rotatable bonds is 7. The van der Waals surface area contributed by atoms with Crippen molar-refractivity contribution in [2.75, 3.05) is 56.7 Å². The number of hydrogen-bond acceptors (Lipinski definition) is 6. The standard InChI is InChI=1S/C24H29BrN6O3/c1-29-23(21(25)16-27-29)20-15-17(3-8-22(20)34-14-9-26)28-24(32)31-12-10-30(11-13-31)18-4-6-19(33-2)7-5-18/h3-8,15-16H,9-14,26H2,1-2H3,(H,28,32). The Labute approximate surface area is 207 Å². The number of piperazine rings is 1. The molecule has 10 heteroatoms. The summed E-state index contributed by atoms with van der Waals surface area (Å²) in [6.45, 7) is 3.60. The van der Waals surface area contributed by atoms with E-state index in [1.807, 2.05) is 54.4 Å². The molecule has 4 rings (SSSR count). The van der Waals surface area contributed by atoms with Crippen LogP contribution in [0.4, 0.5) is 16.2 Å². The molecule has 0 atom stereocenters. The first kappa shape index (κ1) is 23.9. The zero-order valence-corrected chi connectivity index (χ0v) is 20.9. The Hall–Kier alpha value is -3.24. The molecule has 2 amide bonds. The summed E-state index contributed by atoms with van der Waals surface area (Å²) in [5, 5.41) is 7.33. The Balaban J connectivity index is 1.44. The van der Waals surface area contributed by atoms with Gasteiger partial charge in [0.25, 0.3) is 0 Å². The largest absolute Gasteiger partial charge is 0.497 e. The summed E-state index contributed by atoms with van der Waals surface area (Å²) in [5.74, 6) is 1.51. The summed E-state index contributed by atoms with van der Waals surface area (Å²) in [4.78, 5) is 17.1. The minimum atomic E-state index is -0.125. The van der Waals surface area contributed by atoms with Crippen LogP contribution >= 0.6 is 15.9 Å². The highest BCUT2D eigenvalue weighted by atomic mass is 79.9. The lowest BCUT2D eigenvalue weighted by atomic mass is 10.1. The van der Waals surface area contributed by atoms with E-state index in [9.17, 15) is 4.79 Å². The fraction of sp³-hybridized carbons (Fsp3) is 0.333. The predicted octanol–water partition coefficient (Wildman–Crippen LogP) is 3.55. The van der Waals surface area contributed by atoms with Crippen molar-refractivity contribution >= 4 is 33.3 Å². The topological polar surface area (TPSA) is 97.9 Å². The average molecular weight is 529 g/mol. The van der Waals surface area contributed by atoms with E-state index >= 15 is 0 Å². The lowest BCUT2D eigenvalue weighted by Crippen LogP contribution is -2.50. The minimum absolute atomic E-state index is 0.125. The number of amides is 2. The fourth-order valence-corrected chi connectivity index (χ4v) is 4.53. The molecule has 0 unspecified atom stereocenters. The van der Waals surface area contributed by atoms with Gasteiger partial charge in [-0.05, 0) is 58.4 Å². The van der Waals surface area contributed by atoms with Gasteiger partial charge in [0, 0.05) is 56.7 Å². The number of nitrogens with two attached hydrogens (primary N) is 1. The molecule has 0 radical (unpaired) electrons. The number of nitrogens with one attached hydrogen (secondary N) is 1. The molecule has 0 bridgehead atoms. The Bertz CT molecular complexity index is 1110. The van der Waals surface area contributed by atoms with Gasteiger partial charge in [0.2, 0.25) is 0 Å². The zero-order valence-electron chi connectivity index (χ0n) is 19.3. The van der Waals surface area contributed by atoms with E-state index in [2.05, 4.69) is 31.2 Å². The van der Waals surface area contributed by atoms with E-state index in [0.717, 1.165) is 40.3 Å². The van der Waals surface area contributed by atoms with E-state index in [4.69, 9.17) is 15.2 Å². The van der Waals surface area contributed by atoms with Crippen molar-refractivity contribution in [1.82, 2.24) is 14.7 Å². The Kier molecular flexibility index (Phi) is 7.59. The van der Waals surface area contributed by atoms with Crippen LogP contribution in [0.1, 0.15) is 0 Å². The third kappa shape index (κ3) is 5.28. The number of halogens is 1. The number of carbonyl (C=O) groups is 1. The molecule has 0 aliphatic carbocycles. The van der Waals surface area contributed by atoms with Gasteiger partial charge in [-0.25, -0.2) is 4.79 Å². The summed E-state index contributed by atoms with van der Waals surface area (Å²) < 4.78 is 13.7. The second-order valence-corrected chi connectivity index (χ2v) is 8.77. The molecule has 1 aliphatic heterocycles. The van der Waals surface area contributed by atoms with Crippen molar-refractivity contribution in [1.29, 1.82) is 0 Å². The number of aryl methyl sites for hydroxylation is 1. The van der Waals surface area contributed by atoms with Gasteiger partial charge < -0.3 is 30.3 Å². The number of benzene rings is 2. The number of methoxy groups -OCH3 is 1. The summed E-state index contributed by atoms with van der Waals surface area (Å²) in [6, 6.07) is 13.5. The third-order valence-electron chi connectivity index (χ3n) is 5.76. The maximum absolute atomic E-state index is 13.0. The van der Waals surface area contributed by atoms with Gasteiger partial charge in [0.1, 0.15) is 18.1 Å². The van der Waals surface area contributed by atoms with E-state index in [1.54, 1.807) is 18.0 Å². The number of aromatic nitrogens is 2. The van der Waals surface area contributed by atoms with Gasteiger partial charge in [-0.1, -0.05) is 0 Å². The van der Waals surface area contributed by atoms with Crippen molar-refractivity contribution < 1.29 is 14.3 Å². The molecule has 2 aromatic carbocycles. The molecule has 180 valence electrons. The van der Waals surface area contributed by atoms with Crippen LogP contribution in [0.2, 0.25) is 0 Å². The maximum Gasteiger partial charge on any atom is 0.321 e. The molecule has 1 aliphatic rings. The highest BCUT2D eigenvalue weighted by Crippen LogP contribution is 2.36. The summed E-state index contributed by atoms with van der Waals surface area (Å²) >= 11 is 3.56. The quantitative estimate of drug-likeness (QED) is 0.486. The molecule has 34 heavy (non-hydrogen) atoms. The van der Waals surface area contributed by atoms with E-state index in [-0.39, 0.29) is 6.03 Å². The van der Waals surface area contributed by atoms with Gasteiger partial charge in [-0.15, -0.1) is 0 Å². The molecule has 0 saturated carbocycles. The number of hydrogen-bond donors (Lipinski definition) is 2. The zero-order chi connectivity index (χ0) is 24.1. The van der Waals surface area contributed by atoms with Crippen LogP contribution in [0.3, 0.4) is 0 Å².